The third-order valence-corrected chi connectivity index (χ3v) is 4.55. The van der Waals surface area contributed by atoms with Crippen molar-refractivity contribution in [1.82, 2.24) is 4.90 Å². The minimum atomic E-state index is -0.440. The van der Waals surface area contributed by atoms with Gasteiger partial charge in [0.05, 0.1) is 25.8 Å². The topological polar surface area (TPSA) is 66.8 Å². The molecular weight excluding hydrogens is 330 g/mol. The summed E-state index contributed by atoms with van der Waals surface area (Å²) in [5, 5.41) is 10.0. The van der Waals surface area contributed by atoms with Gasteiger partial charge in [-0.3, -0.25) is 9.59 Å². The molecule has 0 bridgehead atoms. The molecule has 5 nitrogen and oxygen atoms in total. The summed E-state index contributed by atoms with van der Waals surface area (Å²) in [7, 11) is 1.38. The van der Waals surface area contributed by atoms with Crippen LogP contribution in [0.5, 0.6) is 0 Å². The number of carbonyl (C=O) groups is 2. The van der Waals surface area contributed by atoms with Crippen LogP contribution in [0.3, 0.4) is 0 Å². The van der Waals surface area contributed by atoms with Crippen LogP contribution < -0.4 is 0 Å². The predicted molar refractivity (Wildman–Crippen MR) is 102 cm³/mol. The van der Waals surface area contributed by atoms with E-state index in [1.165, 1.54) is 7.11 Å². The molecule has 1 fully saturated rings. The van der Waals surface area contributed by atoms with Crippen LogP contribution in [-0.2, 0) is 14.3 Å². The fourth-order valence-electron chi connectivity index (χ4n) is 2.96. The van der Waals surface area contributed by atoms with E-state index in [9.17, 15) is 14.7 Å². The third kappa shape index (κ3) is 9.05. The number of aliphatic hydroxyl groups excluding tert-OH is 1. The van der Waals surface area contributed by atoms with Crippen LogP contribution in [0.4, 0.5) is 0 Å². The van der Waals surface area contributed by atoms with Gasteiger partial charge in [-0.15, -0.1) is 5.92 Å². The molecule has 0 spiro atoms. The first-order chi connectivity index (χ1) is 12.6. The number of nitrogens with zero attached hydrogens (tertiary/aromatic N) is 1. The van der Waals surface area contributed by atoms with Crippen LogP contribution >= 0.6 is 0 Å². The van der Waals surface area contributed by atoms with Crippen molar-refractivity contribution < 1.29 is 19.4 Å². The third-order valence-electron chi connectivity index (χ3n) is 4.55. The van der Waals surface area contributed by atoms with Gasteiger partial charge in [-0.25, -0.2) is 0 Å². The van der Waals surface area contributed by atoms with Gasteiger partial charge in [0.25, 0.3) is 0 Å². The minimum absolute atomic E-state index is 0.0152. The SMILES string of the molecule is CCCCCC(O)C=CC1CCCC(=O)N1CC#CCCCC(=O)OC. The van der Waals surface area contributed by atoms with E-state index >= 15 is 0 Å². The Balaban J connectivity index is 2.46. The number of hydrogen-bond acceptors (Lipinski definition) is 4. The Hall–Kier alpha value is -1.80. The number of piperidine rings is 1. The molecule has 5 heteroatoms. The summed E-state index contributed by atoms with van der Waals surface area (Å²) in [4.78, 5) is 25.0. The van der Waals surface area contributed by atoms with Crippen LogP contribution in [0.25, 0.3) is 0 Å². The normalized spacial score (nSPS) is 18.5. The van der Waals surface area contributed by atoms with E-state index in [2.05, 4.69) is 23.5 Å². The van der Waals surface area contributed by atoms with E-state index in [4.69, 9.17) is 0 Å². The molecule has 1 heterocycles. The van der Waals surface area contributed by atoms with Crippen molar-refractivity contribution in [3.63, 3.8) is 0 Å². The Kier molecular flexibility index (Phi) is 11.5. The van der Waals surface area contributed by atoms with Crippen molar-refractivity contribution >= 4 is 11.9 Å². The Morgan fingerprint density at radius 2 is 2.19 bits per heavy atom. The van der Waals surface area contributed by atoms with Crippen LogP contribution in [-0.4, -0.2) is 47.7 Å². The summed E-state index contributed by atoms with van der Waals surface area (Å²) in [5.74, 6) is 5.97. The number of aliphatic hydroxyl groups is 1. The smallest absolute Gasteiger partial charge is 0.305 e. The van der Waals surface area contributed by atoms with E-state index in [0.717, 1.165) is 38.5 Å². The van der Waals surface area contributed by atoms with Gasteiger partial charge in [-0.2, -0.15) is 0 Å². The number of unbranched alkanes of at least 4 members (excludes halogenated alkanes) is 3. The molecule has 1 aliphatic rings. The molecule has 0 radical (unpaired) electrons. The van der Waals surface area contributed by atoms with Crippen LogP contribution in [0, 0.1) is 11.8 Å². The second-order valence-electron chi connectivity index (χ2n) is 6.71. The van der Waals surface area contributed by atoms with E-state index in [-0.39, 0.29) is 17.9 Å². The fourth-order valence-corrected chi connectivity index (χ4v) is 2.96. The zero-order valence-electron chi connectivity index (χ0n) is 16.2. The van der Waals surface area contributed by atoms with Crippen LogP contribution in [0.1, 0.15) is 71.1 Å². The molecule has 1 rings (SSSR count). The van der Waals surface area contributed by atoms with Crippen molar-refractivity contribution in [2.45, 2.75) is 83.3 Å². The first-order valence-electron chi connectivity index (χ1n) is 9.76. The van der Waals surface area contributed by atoms with Gasteiger partial charge in [0.2, 0.25) is 5.91 Å². The van der Waals surface area contributed by atoms with Gasteiger partial charge < -0.3 is 14.7 Å². The van der Waals surface area contributed by atoms with Crippen molar-refractivity contribution in [2.24, 2.45) is 0 Å². The Bertz CT molecular complexity index is 518. The quantitative estimate of drug-likeness (QED) is 0.280. The number of likely N-dealkylation sites (tertiary alicyclic amines) is 1. The monoisotopic (exact) mass is 363 g/mol. The maximum absolute atomic E-state index is 12.2. The molecule has 1 aliphatic heterocycles. The summed E-state index contributed by atoms with van der Waals surface area (Å²) in [5.41, 5.74) is 0. The molecule has 26 heavy (non-hydrogen) atoms. The molecule has 1 amide bonds. The second-order valence-corrected chi connectivity index (χ2v) is 6.71. The van der Waals surface area contributed by atoms with Gasteiger partial charge in [0.1, 0.15) is 0 Å². The number of amides is 1. The maximum atomic E-state index is 12.2. The Morgan fingerprint density at radius 3 is 2.92 bits per heavy atom. The molecule has 0 aliphatic carbocycles. The molecule has 0 aromatic carbocycles. The highest BCUT2D eigenvalue weighted by Crippen LogP contribution is 2.19. The Morgan fingerprint density at radius 1 is 1.38 bits per heavy atom. The van der Waals surface area contributed by atoms with E-state index < -0.39 is 6.10 Å². The number of esters is 1. The number of methoxy groups -OCH3 is 1. The lowest BCUT2D eigenvalue weighted by atomic mass is 10.00. The second kappa shape index (κ2) is 13.4. The molecule has 2 unspecified atom stereocenters. The van der Waals surface area contributed by atoms with Gasteiger partial charge in [-0.1, -0.05) is 44.3 Å². The first kappa shape index (κ1) is 22.2. The van der Waals surface area contributed by atoms with E-state index in [1.807, 2.05) is 12.2 Å². The summed E-state index contributed by atoms with van der Waals surface area (Å²) >= 11 is 0. The number of hydrogen-bond donors (Lipinski definition) is 1. The average molecular weight is 363 g/mol. The lowest BCUT2D eigenvalue weighted by Gasteiger charge is -2.32. The van der Waals surface area contributed by atoms with Crippen molar-refractivity contribution in [2.75, 3.05) is 13.7 Å². The molecule has 1 saturated heterocycles. The molecule has 0 aromatic heterocycles. The fraction of sp³-hybridized carbons (Fsp3) is 0.714. The highest BCUT2D eigenvalue weighted by molar-refractivity contribution is 5.78. The average Bonchev–Trinajstić information content (AvgIpc) is 2.64. The minimum Gasteiger partial charge on any atom is -0.469 e. The number of carbonyl (C=O) groups excluding carboxylic acids is 2. The number of rotatable bonds is 10. The maximum Gasteiger partial charge on any atom is 0.305 e. The predicted octanol–water partition coefficient (Wildman–Crippen LogP) is 3.21. The zero-order valence-corrected chi connectivity index (χ0v) is 16.2. The van der Waals surface area contributed by atoms with Gasteiger partial charge in [0, 0.05) is 19.3 Å². The van der Waals surface area contributed by atoms with Crippen molar-refractivity contribution in [3.05, 3.63) is 12.2 Å². The molecule has 0 saturated carbocycles. The summed E-state index contributed by atoms with van der Waals surface area (Å²) in [6, 6.07) is 0.0152. The highest BCUT2D eigenvalue weighted by Gasteiger charge is 2.25. The number of ether oxygens (including phenoxy) is 1. The van der Waals surface area contributed by atoms with E-state index in [1.54, 1.807) is 4.90 Å². The van der Waals surface area contributed by atoms with Gasteiger partial charge >= 0.3 is 5.97 Å². The van der Waals surface area contributed by atoms with Crippen LogP contribution in [0.15, 0.2) is 12.2 Å². The standard InChI is InChI=1S/C21H33NO4/c1-3-4-7-12-19(23)16-15-18-11-10-13-20(24)22(18)17-9-6-5-8-14-21(25)26-2/h15-16,18-19,23H,3-5,7-8,10-14,17H2,1-2H3. The molecule has 2 atom stereocenters. The summed E-state index contributed by atoms with van der Waals surface area (Å²) in [6.07, 6.45) is 11.4. The highest BCUT2D eigenvalue weighted by atomic mass is 16.5. The molecule has 1 N–H and O–H groups in total. The summed E-state index contributed by atoms with van der Waals surface area (Å²) < 4.78 is 4.59. The Labute approximate surface area is 157 Å². The lowest BCUT2D eigenvalue weighted by molar-refractivity contribution is -0.140. The zero-order chi connectivity index (χ0) is 19.2. The lowest BCUT2D eigenvalue weighted by Crippen LogP contribution is -2.42. The van der Waals surface area contributed by atoms with Gasteiger partial charge in [-0.05, 0) is 25.7 Å². The van der Waals surface area contributed by atoms with Crippen molar-refractivity contribution in [3.8, 4) is 11.8 Å². The molecule has 146 valence electrons. The largest absolute Gasteiger partial charge is 0.469 e. The van der Waals surface area contributed by atoms with Gasteiger partial charge in [0.15, 0.2) is 0 Å². The van der Waals surface area contributed by atoms with E-state index in [0.29, 0.717) is 32.2 Å². The molecule has 0 aromatic rings. The van der Waals surface area contributed by atoms with Crippen molar-refractivity contribution in [1.29, 1.82) is 0 Å². The molecular formula is C21H33NO4. The summed E-state index contributed by atoms with van der Waals surface area (Å²) in [6.45, 7) is 2.54. The first-order valence-corrected chi connectivity index (χ1v) is 9.76. The van der Waals surface area contributed by atoms with Crippen LogP contribution in [0.2, 0.25) is 0 Å².